The molecule has 3 aromatic rings. The number of aryl methyl sites for hydroxylation is 3. The molecule has 1 fully saturated rings. The molecule has 0 radical (unpaired) electrons. The van der Waals surface area contributed by atoms with Crippen LogP contribution >= 0.6 is 0 Å². The molecule has 0 saturated carbocycles. The number of imidazole rings is 1. The van der Waals surface area contributed by atoms with Crippen LogP contribution in [0.5, 0.6) is 0 Å². The van der Waals surface area contributed by atoms with Gasteiger partial charge >= 0.3 is 0 Å². The molecule has 1 saturated heterocycles. The molecule has 1 aliphatic heterocycles. The van der Waals surface area contributed by atoms with E-state index >= 15 is 0 Å². The molecule has 3 heterocycles. The molecule has 0 aliphatic carbocycles. The second-order valence-corrected chi connectivity index (χ2v) is 9.27. The normalized spacial score (nSPS) is 15.1. The Hall–Kier alpha value is -2.59. The summed E-state index contributed by atoms with van der Waals surface area (Å²) < 4.78 is 47.4. The van der Waals surface area contributed by atoms with E-state index in [1.807, 2.05) is 18.9 Å². The van der Waals surface area contributed by atoms with Crippen molar-refractivity contribution >= 4 is 26.8 Å². The molecular formula is C20H24FN5O3S. The number of anilines is 1. The van der Waals surface area contributed by atoms with Gasteiger partial charge in [0.1, 0.15) is 11.6 Å². The first kappa shape index (κ1) is 20.7. The minimum atomic E-state index is -3.90. The standard InChI is InChI=1S/C20H24FN5O3S/c1-4-16-22-17-18(25(16)3)23-20(24-19(17)26-7-9-29-10-8-26)30(27,28)12-14-6-5-13(2)15(21)11-14/h5-6,11H,4,7-10,12H2,1-3H3. The maximum Gasteiger partial charge on any atom is 0.251 e. The number of rotatable bonds is 5. The summed E-state index contributed by atoms with van der Waals surface area (Å²) >= 11 is 0. The zero-order chi connectivity index (χ0) is 21.5. The number of morpholine rings is 1. The van der Waals surface area contributed by atoms with Crippen LogP contribution in [-0.2, 0) is 33.8 Å². The summed E-state index contributed by atoms with van der Waals surface area (Å²) in [7, 11) is -2.08. The van der Waals surface area contributed by atoms with E-state index in [-0.39, 0.29) is 10.9 Å². The molecule has 0 N–H and O–H groups in total. The Balaban J connectivity index is 1.83. The maximum atomic E-state index is 13.9. The first-order chi connectivity index (χ1) is 14.3. The van der Waals surface area contributed by atoms with Crippen LogP contribution in [0, 0.1) is 12.7 Å². The molecule has 0 spiro atoms. The van der Waals surface area contributed by atoms with Gasteiger partial charge in [-0.1, -0.05) is 19.1 Å². The molecule has 0 unspecified atom stereocenters. The van der Waals surface area contributed by atoms with Crippen molar-refractivity contribution in [3.05, 3.63) is 41.0 Å². The zero-order valence-corrected chi connectivity index (χ0v) is 18.0. The summed E-state index contributed by atoms with van der Waals surface area (Å²) in [6.45, 7) is 5.85. The molecule has 1 aromatic carbocycles. The fourth-order valence-electron chi connectivity index (χ4n) is 3.53. The van der Waals surface area contributed by atoms with Crippen LogP contribution in [0.2, 0.25) is 0 Å². The second-order valence-electron chi connectivity index (χ2n) is 7.38. The van der Waals surface area contributed by atoms with Crippen molar-refractivity contribution in [2.45, 2.75) is 31.2 Å². The molecule has 10 heteroatoms. The van der Waals surface area contributed by atoms with E-state index in [1.54, 1.807) is 23.6 Å². The minimum absolute atomic E-state index is 0.275. The summed E-state index contributed by atoms with van der Waals surface area (Å²) in [6.07, 6.45) is 0.681. The highest BCUT2D eigenvalue weighted by Crippen LogP contribution is 2.27. The molecule has 8 nitrogen and oxygen atoms in total. The fourth-order valence-corrected chi connectivity index (χ4v) is 4.73. The number of halogens is 1. The number of ether oxygens (including phenoxy) is 1. The lowest BCUT2D eigenvalue weighted by Crippen LogP contribution is -2.37. The Kier molecular flexibility index (Phi) is 5.46. The van der Waals surface area contributed by atoms with E-state index in [1.165, 1.54) is 6.07 Å². The molecular weight excluding hydrogens is 409 g/mol. The van der Waals surface area contributed by atoms with Gasteiger partial charge < -0.3 is 14.2 Å². The van der Waals surface area contributed by atoms with E-state index in [0.717, 1.165) is 5.82 Å². The van der Waals surface area contributed by atoms with Crippen molar-refractivity contribution in [3.8, 4) is 0 Å². The fraction of sp³-hybridized carbons (Fsp3) is 0.450. The van der Waals surface area contributed by atoms with Gasteiger partial charge in [-0.3, -0.25) is 0 Å². The van der Waals surface area contributed by atoms with Gasteiger partial charge in [-0.2, -0.15) is 9.97 Å². The third-order valence-corrected chi connectivity index (χ3v) is 6.72. The SMILES string of the molecule is CCc1nc2c(N3CCOCC3)nc(S(=O)(=O)Cc3ccc(C)c(F)c3)nc2n1C. The van der Waals surface area contributed by atoms with Crippen LogP contribution in [0.3, 0.4) is 0 Å². The molecule has 0 bridgehead atoms. The third-order valence-electron chi connectivity index (χ3n) is 5.27. The van der Waals surface area contributed by atoms with Crippen LogP contribution < -0.4 is 4.90 Å². The molecule has 1 aliphatic rings. The number of sulfone groups is 1. The first-order valence-corrected chi connectivity index (χ1v) is 11.5. The Morgan fingerprint density at radius 2 is 1.90 bits per heavy atom. The van der Waals surface area contributed by atoms with Crippen molar-refractivity contribution < 1.29 is 17.5 Å². The summed E-state index contributed by atoms with van der Waals surface area (Å²) in [5, 5.41) is -0.275. The number of fused-ring (bicyclic) bond motifs is 1. The van der Waals surface area contributed by atoms with Gasteiger partial charge in [-0.15, -0.1) is 0 Å². The Morgan fingerprint density at radius 1 is 1.17 bits per heavy atom. The number of hydrogen-bond donors (Lipinski definition) is 0. The number of benzene rings is 1. The Bertz CT molecular complexity index is 1200. The zero-order valence-electron chi connectivity index (χ0n) is 17.2. The number of aromatic nitrogens is 4. The quantitative estimate of drug-likeness (QED) is 0.570. The molecule has 0 amide bonds. The molecule has 2 aromatic heterocycles. The van der Waals surface area contributed by atoms with Crippen molar-refractivity contribution in [2.24, 2.45) is 7.05 Å². The maximum absolute atomic E-state index is 13.9. The molecule has 160 valence electrons. The smallest absolute Gasteiger partial charge is 0.251 e. The summed E-state index contributed by atoms with van der Waals surface area (Å²) in [5.41, 5.74) is 1.87. The highest BCUT2D eigenvalue weighted by atomic mass is 32.2. The largest absolute Gasteiger partial charge is 0.378 e. The average Bonchev–Trinajstić information content (AvgIpc) is 3.06. The first-order valence-electron chi connectivity index (χ1n) is 9.84. The minimum Gasteiger partial charge on any atom is -0.378 e. The van der Waals surface area contributed by atoms with E-state index in [2.05, 4.69) is 15.0 Å². The summed E-state index contributed by atoms with van der Waals surface area (Å²) in [4.78, 5) is 15.4. The average molecular weight is 434 g/mol. The molecule has 30 heavy (non-hydrogen) atoms. The predicted molar refractivity (Wildman–Crippen MR) is 111 cm³/mol. The van der Waals surface area contributed by atoms with Gasteiger partial charge in [0.2, 0.25) is 9.84 Å². The van der Waals surface area contributed by atoms with Crippen molar-refractivity contribution in [1.29, 1.82) is 0 Å². The number of nitrogens with zero attached hydrogens (tertiary/aromatic N) is 5. The topological polar surface area (TPSA) is 90.2 Å². The molecule has 0 atom stereocenters. The van der Waals surface area contributed by atoms with Crippen molar-refractivity contribution in [1.82, 2.24) is 19.5 Å². The van der Waals surface area contributed by atoms with Crippen LogP contribution in [0.25, 0.3) is 11.2 Å². The van der Waals surface area contributed by atoms with E-state index in [0.29, 0.717) is 60.8 Å². The highest BCUT2D eigenvalue weighted by Gasteiger charge is 2.27. The lowest BCUT2D eigenvalue weighted by atomic mass is 10.2. The third kappa shape index (κ3) is 3.77. The van der Waals surface area contributed by atoms with Gasteiger partial charge in [0.05, 0.1) is 19.0 Å². The Morgan fingerprint density at radius 3 is 2.57 bits per heavy atom. The van der Waals surface area contributed by atoms with Crippen LogP contribution in [0.15, 0.2) is 23.4 Å². The second kappa shape index (κ2) is 7.92. The predicted octanol–water partition coefficient (Wildman–Crippen LogP) is 2.18. The Labute approximate surface area is 174 Å². The van der Waals surface area contributed by atoms with Gasteiger partial charge in [0, 0.05) is 26.6 Å². The number of hydrogen-bond acceptors (Lipinski definition) is 7. The van der Waals surface area contributed by atoms with Crippen LogP contribution in [-0.4, -0.2) is 54.2 Å². The van der Waals surface area contributed by atoms with Gasteiger partial charge in [0.15, 0.2) is 17.0 Å². The summed E-state index contributed by atoms with van der Waals surface area (Å²) in [6, 6.07) is 4.42. The van der Waals surface area contributed by atoms with E-state index in [9.17, 15) is 12.8 Å². The highest BCUT2D eigenvalue weighted by molar-refractivity contribution is 7.90. The van der Waals surface area contributed by atoms with Crippen molar-refractivity contribution in [3.63, 3.8) is 0 Å². The van der Waals surface area contributed by atoms with Gasteiger partial charge in [0.25, 0.3) is 5.16 Å². The lowest BCUT2D eigenvalue weighted by Gasteiger charge is -2.28. The lowest BCUT2D eigenvalue weighted by molar-refractivity contribution is 0.122. The monoisotopic (exact) mass is 433 g/mol. The van der Waals surface area contributed by atoms with Crippen LogP contribution in [0.1, 0.15) is 23.9 Å². The van der Waals surface area contributed by atoms with Gasteiger partial charge in [-0.05, 0) is 24.1 Å². The summed E-state index contributed by atoms with van der Waals surface area (Å²) in [5.74, 6) is 0.472. The van der Waals surface area contributed by atoms with Crippen LogP contribution in [0.4, 0.5) is 10.2 Å². The molecule has 4 rings (SSSR count). The van der Waals surface area contributed by atoms with Gasteiger partial charge in [-0.25, -0.2) is 17.8 Å². The van der Waals surface area contributed by atoms with Crippen molar-refractivity contribution in [2.75, 3.05) is 31.2 Å². The van der Waals surface area contributed by atoms with E-state index < -0.39 is 15.7 Å². The van der Waals surface area contributed by atoms with E-state index in [4.69, 9.17) is 4.74 Å².